The molecule has 0 fully saturated rings. The van der Waals surface area contributed by atoms with Crippen molar-refractivity contribution in [3.05, 3.63) is 47.9 Å². The number of nitrogens with zero attached hydrogens (tertiary/aromatic N) is 6. The summed E-state index contributed by atoms with van der Waals surface area (Å²) >= 11 is 0. The van der Waals surface area contributed by atoms with Crippen LogP contribution < -0.4 is 18.9 Å². The van der Waals surface area contributed by atoms with E-state index in [4.69, 9.17) is 14.2 Å². The molecule has 0 aliphatic rings. The van der Waals surface area contributed by atoms with Gasteiger partial charge in [0.05, 0.1) is 32.8 Å². The van der Waals surface area contributed by atoms with Gasteiger partial charge < -0.3 is 14.2 Å². The van der Waals surface area contributed by atoms with Gasteiger partial charge in [0, 0.05) is 12.0 Å². The number of para-hydroxylation sites is 1. The number of nitrogens with one attached hydrogen (secondary N) is 1. The second kappa shape index (κ2) is 12.7. The van der Waals surface area contributed by atoms with Crippen molar-refractivity contribution in [1.82, 2.24) is 19.7 Å². The predicted molar refractivity (Wildman–Crippen MR) is 152 cm³/mol. The summed E-state index contributed by atoms with van der Waals surface area (Å²) in [6.07, 6.45) is 0.952. The number of amidine groups is 1. The number of methoxy groups -OCH3 is 3. The van der Waals surface area contributed by atoms with Gasteiger partial charge in [-0.3, -0.25) is 9.29 Å². The van der Waals surface area contributed by atoms with Crippen molar-refractivity contribution in [1.29, 1.82) is 0 Å². The fraction of sp³-hybridized carbons (Fsp3) is 0.346. The van der Waals surface area contributed by atoms with Crippen LogP contribution in [0.2, 0.25) is 0 Å². The van der Waals surface area contributed by atoms with E-state index < -0.39 is 27.0 Å². The summed E-state index contributed by atoms with van der Waals surface area (Å²) in [5, 5.41) is 7.35. The SMILES string of the molecule is C=N/C(=N\C=C(/C)F)[C@@H](C)[C@H](C)S(=O)(=O)Nc1nnc(-c2cc(C)cc(OC)n2)n1-c1c(OC)cccc1OC. The summed E-state index contributed by atoms with van der Waals surface area (Å²) < 4.78 is 60.9. The maximum Gasteiger partial charge on any atom is 0.243 e. The molecule has 2 atom stereocenters. The highest BCUT2D eigenvalue weighted by Gasteiger charge is 2.33. The lowest BCUT2D eigenvalue weighted by Gasteiger charge is -2.21. The van der Waals surface area contributed by atoms with E-state index in [1.807, 2.05) is 6.92 Å². The molecule has 14 heteroatoms. The Bertz CT molecular complexity index is 1530. The molecule has 3 rings (SSSR count). The van der Waals surface area contributed by atoms with Gasteiger partial charge in [-0.2, -0.15) is 0 Å². The molecule has 0 saturated carbocycles. The van der Waals surface area contributed by atoms with E-state index >= 15 is 0 Å². The molecule has 1 aromatic carbocycles. The maximum absolute atomic E-state index is 13.6. The summed E-state index contributed by atoms with van der Waals surface area (Å²) in [6, 6.07) is 8.60. The first-order valence-electron chi connectivity index (χ1n) is 12.1. The molecule has 0 aliphatic carbocycles. The molecule has 0 bridgehead atoms. The van der Waals surface area contributed by atoms with Crippen LogP contribution in [0.15, 0.2) is 52.3 Å². The van der Waals surface area contributed by atoms with E-state index in [2.05, 4.69) is 36.6 Å². The Kier molecular flexibility index (Phi) is 9.58. The fourth-order valence-electron chi connectivity index (χ4n) is 3.79. The molecule has 1 N–H and O–H groups in total. The van der Waals surface area contributed by atoms with Crippen molar-refractivity contribution >= 4 is 28.5 Å². The van der Waals surface area contributed by atoms with Gasteiger partial charge in [0.2, 0.25) is 21.9 Å². The fourth-order valence-corrected chi connectivity index (χ4v) is 5.02. The molecule has 3 aromatic rings. The van der Waals surface area contributed by atoms with Gasteiger partial charge in [0.1, 0.15) is 34.5 Å². The minimum Gasteiger partial charge on any atom is -0.494 e. The Morgan fingerprint density at radius 3 is 2.33 bits per heavy atom. The third-order valence-corrected chi connectivity index (χ3v) is 7.90. The molecule has 0 radical (unpaired) electrons. The van der Waals surface area contributed by atoms with Crippen LogP contribution in [0.3, 0.4) is 0 Å². The van der Waals surface area contributed by atoms with Crippen molar-refractivity contribution in [3.63, 3.8) is 0 Å². The third kappa shape index (κ3) is 6.45. The number of halogens is 1. The molecule has 2 heterocycles. The Hall–Kier alpha value is -4.33. The number of aryl methyl sites for hydroxylation is 1. The number of aromatic nitrogens is 4. The molecule has 0 amide bonds. The number of hydrogen-bond donors (Lipinski definition) is 1. The zero-order valence-corrected chi connectivity index (χ0v) is 24.2. The molecule has 0 spiro atoms. The zero-order valence-electron chi connectivity index (χ0n) is 23.3. The summed E-state index contributed by atoms with van der Waals surface area (Å²) in [5.41, 5.74) is 1.53. The lowest BCUT2D eigenvalue weighted by Crippen LogP contribution is -2.35. The number of ether oxygens (including phenoxy) is 3. The third-order valence-electron chi connectivity index (χ3n) is 6.04. The average molecular weight is 574 g/mol. The monoisotopic (exact) mass is 573 g/mol. The highest BCUT2D eigenvalue weighted by molar-refractivity contribution is 7.93. The normalized spacial score (nSPS) is 13.9. The first kappa shape index (κ1) is 30.2. The minimum atomic E-state index is -4.15. The average Bonchev–Trinajstić information content (AvgIpc) is 3.33. The number of benzene rings is 1. The second-order valence-electron chi connectivity index (χ2n) is 8.77. The van der Waals surface area contributed by atoms with Crippen molar-refractivity contribution in [2.24, 2.45) is 15.9 Å². The van der Waals surface area contributed by atoms with Crippen LogP contribution in [0.25, 0.3) is 17.2 Å². The highest BCUT2D eigenvalue weighted by atomic mass is 32.2. The van der Waals surface area contributed by atoms with Gasteiger partial charge in [-0.05, 0) is 51.3 Å². The van der Waals surface area contributed by atoms with Crippen molar-refractivity contribution < 1.29 is 27.0 Å². The molecule has 214 valence electrons. The van der Waals surface area contributed by atoms with Gasteiger partial charge in [-0.25, -0.2) is 27.8 Å². The Labute approximate surface area is 232 Å². The van der Waals surface area contributed by atoms with E-state index in [0.29, 0.717) is 28.8 Å². The lowest BCUT2D eigenvalue weighted by molar-refractivity contribution is 0.391. The van der Waals surface area contributed by atoms with Crippen LogP contribution in [0.5, 0.6) is 17.4 Å². The van der Waals surface area contributed by atoms with Crippen LogP contribution in [-0.4, -0.2) is 67.3 Å². The van der Waals surface area contributed by atoms with Gasteiger partial charge in [0.25, 0.3) is 0 Å². The smallest absolute Gasteiger partial charge is 0.243 e. The van der Waals surface area contributed by atoms with Gasteiger partial charge in [-0.15, -0.1) is 10.2 Å². The van der Waals surface area contributed by atoms with Crippen molar-refractivity contribution in [2.45, 2.75) is 32.9 Å². The first-order valence-corrected chi connectivity index (χ1v) is 13.6. The van der Waals surface area contributed by atoms with E-state index in [9.17, 15) is 12.8 Å². The maximum atomic E-state index is 13.6. The van der Waals surface area contributed by atoms with Crippen LogP contribution in [0, 0.1) is 12.8 Å². The van der Waals surface area contributed by atoms with E-state index in [0.717, 1.165) is 11.8 Å². The van der Waals surface area contributed by atoms with Gasteiger partial charge >= 0.3 is 0 Å². The number of rotatable bonds is 11. The van der Waals surface area contributed by atoms with Crippen LogP contribution in [-0.2, 0) is 10.0 Å². The number of hydrogen-bond acceptors (Lipinski definition) is 9. The molecule has 0 unspecified atom stereocenters. The standard InChI is InChI=1S/C26H32FN7O5S/c1-15-12-19(30-22(13-15)39-8)25-31-32-26(34(25)23-20(37-6)10-9-11-21(23)38-7)33-40(35,36)18(4)17(3)24(28-5)29-14-16(2)27/h9-14,17-18H,5H2,1-4,6-8H3,(H,32,33)/b16-14+,29-24-/t17-,18-/m0/s1. The minimum absolute atomic E-state index is 0.0551. The van der Waals surface area contributed by atoms with E-state index in [-0.39, 0.29) is 17.6 Å². The summed E-state index contributed by atoms with van der Waals surface area (Å²) in [7, 11) is 0.285. The Morgan fingerprint density at radius 2 is 1.77 bits per heavy atom. The van der Waals surface area contributed by atoms with E-state index in [1.165, 1.54) is 39.7 Å². The van der Waals surface area contributed by atoms with Crippen LogP contribution >= 0.6 is 0 Å². The molecule has 2 aromatic heterocycles. The predicted octanol–water partition coefficient (Wildman–Crippen LogP) is 4.36. The molecule has 0 saturated heterocycles. The number of pyridine rings is 1. The van der Waals surface area contributed by atoms with E-state index in [1.54, 1.807) is 37.3 Å². The molecule has 12 nitrogen and oxygen atoms in total. The molecular weight excluding hydrogens is 541 g/mol. The van der Waals surface area contributed by atoms with Crippen molar-refractivity contribution in [2.75, 3.05) is 26.1 Å². The second-order valence-corrected chi connectivity index (χ2v) is 10.8. The number of aliphatic imine (C=N–C) groups is 2. The number of allylic oxidation sites excluding steroid dienone is 1. The lowest BCUT2D eigenvalue weighted by atomic mass is 10.1. The topological polar surface area (TPSA) is 142 Å². The highest BCUT2D eigenvalue weighted by Crippen LogP contribution is 2.38. The number of sulfonamides is 1. The van der Waals surface area contributed by atoms with Gasteiger partial charge in [0.15, 0.2) is 5.82 Å². The summed E-state index contributed by atoms with van der Waals surface area (Å²) in [5.74, 6) is -0.159. The van der Waals surface area contributed by atoms with Crippen LogP contribution in [0.4, 0.5) is 10.3 Å². The summed E-state index contributed by atoms with van der Waals surface area (Å²) in [4.78, 5) is 12.2. The quantitative estimate of drug-likeness (QED) is 0.263. The Morgan fingerprint density at radius 1 is 1.12 bits per heavy atom. The zero-order chi connectivity index (χ0) is 29.6. The largest absolute Gasteiger partial charge is 0.494 e. The Balaban J connectivity index is 2.21. The molecule has 0 aliphatic heterocycles. The molecular formula is C26H32FN7O5S. The van der Waals surface area contributed by atoms with Crippen molar-refractivity contribution in [3.8, 4) is 34.6 Å². The summed E-state index contributed by atoms with van der Waals surface area (Å²) in [6.45, 7) is 9.58. The molecule has 40 heavy (non-hydrogen) atoms. The van der Waals surface area contributed by atoms with Crippen LogP contribution in [0.1, 0.15) is 26.3 Å². The number of anilines is 1. The first-order chi connectivity index (χ1) is 19.0. The van der Waals surface area contributed by atoms with Gasteiger partial charge in [-0.1, -0.05) is 13.0 Å².